The zero-order valence-corrected chi connectivity index (χ0v) is 12.5. The van der Waals surface area contributed by atoms with E-state index in [1.54, 1.807) is 0 Å². The van der Waals surface area contributed by atoms with Crippen LogP contribution in [0.3, 0.4) is 0 Å². The highest BCUT2D eigenvalue weighted by Gasteiger charge is 2.32. The Labute approximate surface area is 113 Å². The lowest BCUT2D eigenvalue weighted by Gasteiger charge is -2.41. The second-order valence-electron chi connectivity index (χ2n) is 6.61. The molecule has 2 aliphatic rings. The predicted octanol–water partition coefficient (Wildman–Crippen LogP) is 1.79. The van der Waals surface area contributed by atoms with Crippen LogP contribution >= 0.6 is 0 Å². The van der Waals surface area contributed by atoms with Crippen molar-refractivity contribution in [2.75, 3.05) is 46.8 Å². The van der Waals surface area contributed by atoms with Crippen LogP contribution in [0.15, 0.2) is 0 Å². The molecule has 0 aromatic rings. The summed E-state index contributed by atoms with van der Waals surface area (Å²) in [5, 5.41) is 3.60. The summed E-state index contributed by atoms with van der Waals surface area (Å²) in [5.41, 5.74) is 0.532. The van der Waals surface area contributed by atoms with E-state index >= 15 is 0 Å². The van der Waals surface area contributed by atoms with Gasteiger partial charge in [0.1, 0.15) is 0 Å². The summed E-state index contributed by atoms with van der Waals surface area (Å²) < 4.78 is 0. The van der Waals surface area contributed by atoms with Gasteiger partial charge in [-0.1, -0.05) is 6.92 Å². The second kappa shape index (κ2) is 6.36. The summed E-state index contributed by atoms with van der Waals surface area (Å²) in [7, 11) is 4.60. The minimum atomic E-state index is 0.532. The van der Waals surface area contributed by atoms with Crippen molar-refractivity contribution in [3.05, 3.63) is 0 Å². The van der Waals surface area contributed by atoms with Crippen LogP contribution in [-0.4, -0.2) is 62.7 Å². The zero-order valence-electron chi connectivity index (χ0n) is 12.5. The minimum absolute atomic E-state index is 0.532. The largest absolute Gasteiger partial charge is 0.316 e. The first-order valence-electron chi connectivity index (χ1n) is 7.75. The van der Waals surface area contributed by atoms with Gasteiger partial charge >= 0.3 is 0 Å². The maximum atomic E-state index is 3.60. The molecule has 2 unspecified atom stereocenters. The Kier molecular flexibility index (Phi) is 5.05. The number of rotatable bonds is 5. The maximum Gasteiger partial charge on any atom is 0.0220 e. The van der Waals surface area contributed by atoms with Crippen molar-refractivity contribution in [1.29, 1.82) is 0 Å². The highest BCUT2D eigenvalue weighted by Crippen LogP contribution is 2.31. The van der Waals surface area contributed by atoms with Crippen LogP contribution in [0.4, 0.5) is 0 Å². The quantitative estimate of drug-likeness (QED) is 0.806. The fraction of sp³-hybridized carbons (Fsp3) is 1.00. The number of nitrogens with one attached hydrogen (secondary N) is 1. The average molecular weight is 253 g/mol. The fourth-order valence-electron chi connectivity index (χ4n) is 3.79. The number of hydrogen-bond donors (Lipinski definition) is 1. The first kappa shape index (κ1) is 14.3. The first-order chi connectivity index (χ1) is 8.65. The standard InChI is InChI=1S/C15H31N3/c1-4-15(8-6-9-16-12-15)13-17(2)11-14-7-5-10-18(14)3/h14,16H,4-13H2,1-3H3. The van der Waals surface area contributed by atoms with Gasteiger partial charge in [-0.05, 0) is 64.7 Å². The van der Waals surface area contributed by atoms with Gasteiger partial charge in [0, 0.05) is 25.7 Å². The molecule has 0 aromatic heterocycles. The van der Waals surface area contributed by atoms with Gasteiger partial charge in [0.15, 0.2) is 0 Å². The molecular formula is C15H31N3. The van der Waals surface area contributed by atoms with E-state index in [9.17, 15) is 0 Å². The Morgan fingerprint density at radius 3 is 2.78 bits per heavy atom. The summed E-state index contributed by atoms with van der Waals surface area (Å²) in [5.74, 6) is 0. The molecule has 2 aliphatic heterocycles. The molecular weight excluding hydrogens is 222 g/mol. The molecule has 0 radical (unpaired) electrons. The molecule has 0 spiro atoms. The van der Waals surface area contributed by atoms with E-state index in [4.69, 9.17) is 0 Å². The summed E-state index contributed by atoms with van der Waals surface area (Å²) in [6.07, 6.45) is 6.84. The van der Waals surface area contributed by atoms with Crippen molar-refractivity contribution in [3.63, 3.8) is 0 Å². The van der Waals surface area contributed by atoms with Gasteiger partial charge in [-0.2, -0.15) is 0 Å². The van der Waals surface area contributed by atoms with E-state index in [1.807, 2.05) is 0 Å². The van der Waals surface area contributed by atoms with E-state index in [0.29, 0.717) is 5.41 Å². The monoisotopic (exact) mass is 253 g/mol. The molecule has 1 N–H and O–H groups in total. The van der Waals surface area contributed by atoms with E-state index < -0.39 is 0 Å². The van der Waals surface area contributed by atoms with Crippen molar-refractivity contribution in [2.45, 2.75) is 45.1 Å². The number of piperidine rings is 1. The third-order valence-corrected chi connectivity index (χ3v) is 5.11. The maximum absolute atomic E-state index is 3.60. The average Bonchev–Trinajstić information content (AvgIpc) is 2.76. The Hall–Kier alpha value is -0.120. The Balaban J connectivity index is 1.83. The third-order valence-electron chi connectivity index (χ3n) is 5.11. The molecule has 3 nitrogen and oxygen atoms in total. The van der Waals surface area contributed by atoms with E-state index in [-0.39, 0.29) is 0 Å². The number of likely N-dealkylation sites (tertiary alicyclic amines) is 1. The van der Waals surface area contributed by atoms with Crippen molar-refractivity contribution in [3.8, 4) is 0 Å². The fourth-order valence-corrected chi connectivity index (χ4v) is 3.79. The molecule has 0 aromatic carbocycles. The van der Waals surface area contributed by atoms with Gasteiger partial charge in [0.25, 0.3) is 0 Å². The summed E-state index contributed by atoms with van der Waals surface area (Å²) >= 11 is 0. The third kappa shape index (κ3) is 3.46. The van der Waals surface area contributed by atoms with Crippen molar-refractivity contribution < 1.29 is 0 Å². The molecule has 18 heavy (non-hydrogen) atoms. The molecule has 0 aliphatic carbocycles. The van der Waals surface area contributed by atoms with Crippen LogP contribution in [0.2, 0.25) is 0 Å². The molecule has 106 valence electrons. The normalized spacial score (nSPS) is 34.3. The SMILES string of the molecule is CCC1(CN(C)CC2CCCN2C)CCCNC1. The van der Waals surface area contributed by atoms with Gasteiger partial charge in [-0.15, -0.1) is 0 Å². The molecule has 2 atom stereocenters. The Morgan fingerprint density at radius 1 is 1.39 bits per heavy atom. The van der Waals surface area contributed by atoms with E-state index in [2.05, 4.69) is 36.1 Å². The highest BCUT2D eigenvalue weighted by atomic mass is 15.2. The van der Waals surface area contributed by atoms with Crippen LogP contribution in [-0.2, 0) is 0 Å². The van der Waals surface area contributed by atoms with Gasteiger partial charge in [-0.25, -0.2) is 0 Å². The van der Waals surface area contributed by atoms with Crippen molar-refractivity contribution >= 4 is 0 Å². The molecule has 2 heterocycles. The van der Waals surface area contributed by atoms with Crippen molar-refractivity contribution in [2.24, 2.45) is 5.41 Å². The van der Waals surface area contributed by atoms with Crippen LogP contribution < -0.4 is 5.32 Å². The molecule has 0 saturated carbocycles. The summed E-state index contributed by atoms with van der Waals surface area (Å²) in [6, 6.07) is 0.792. The lowest BCUT2D eigenvalue weighted by Crippen LogP contribution is -2.48. The van der Waals surface area contributed by atoms with Gasteiger partial charge < -0.3 is 15.1 Å². The van der Waals surface area contributed by atoms with E-state index in [1.165, 1.54) is 64.8 Å². The molecule has 2 fully saturated rings. The smallest absolute Gasteiger partial charge is 0.0220 e. The van der Waals surface area contributed by atoms with Crippen LogP contribution in [0.25, 0.3) is 0 Å². The van der Waals surface area contributed by atoms with Crippen LogP contribution in [0, 0.1) is 5.41 Å². The molecule has 2 saturated heterocycles. The Morgan fingerprint density at radius 2 is 2.22 bits per heavy atom. The summed E-state index contributed by atoms with van der Waals surface area (Å²) in [4.78, 5) is 5.12. The second-order valence-corrected chi connectivity index (χ2v) is 6.61. The number of likely N-dealkylation sites (N-methyl/N-ethyl adjacent to an activating group) is 2. The predicted molar refractivity (Wildman–Crippen MR) is 78.0 cm³/mol. The lowest BCUT2D eigenvalue weighted by atomic mass is 9.78. The first-order valence-corrected chi connectivity index (χ1v) is 7.75. The Bertz CT molecular complexity index is 248. The molecule has 3 heteroatoms. The molecule has 2 rings (SSSR count). The minimum Gasteiger partial charge on any atom is -0.316 e. The van der Waals surface area contributed by atoms with Crippen molar-refractivity contribution in [1.82, 2.24) is 15.1 Å². The molecule has 0 amide bonds. The lowest BCUT2D eigenvalue weighted by molar-refractivity contribution is 0.111. The van der Waals surface area contributed by atoms with Gasteiger partial charge in [0.2, 0.25) is 0 Å². The van der Waals surface area contributed by atoms with E-state index in [0.717, 1.165) is 6.04 Å². The molecule has 0 bridgehead atoms. The number of nitrogens with zero attached hydrogens (tertiary/aromatic N) is 2. The zero-order chi connectivity index (χ0) is 13.0. The van der Waals surface area contributed by atoms with Crippen LogP contribution in [0.1, 0.15) is 39.0 Å². The van der Waals surface area contributed by atoms with Gasteiger partial charge in [-0.3, -0.25) is 0 Å². The highest BCUT2D eigenvalue weighted by molar-refractivity contribution is 4.88. The van der Waals surface area contributed by atoms with Gasteiger partial charge in [0.05, 0.1) is 0 Å². The topological polar surface area (TPSA) is 18.5 Å². The van der Waals surface area contributed by atoms with Crippen LogP contribution in [0.5, 0.6) is 0 Å². The summed E-state index contributed by atoms with van der Waals surface area (Å²) in [6.45, 7) is 8.60. The number of hydrogen-bond acceptors (Lipinski definition) is 3.